The van der Waals surface area contributed by atoms with Crippen LogP contribution >= 0.6 is 0 Å². The van der Waals surface area contributed by atoms with Crippen molar-refractivity contribution in [3.63, 3.8) is 0 Å². The van der Waals surface area contributed by atoms with Gasteiger partial charge in [0.1, 0.15) is 11.3 Å². The van der Waals surface area contributed by atoms with Gasteiger partial charge in [0, 0.05) is 21.9 Å². The number of hydrogen-bond acceptors (Lipinski definition) is 1. The number of hydrogen-bond donors (Lipinski definition) is 0. The first-order valence-corrected chi connectivity index (χ1v) is 15.4. The van der Waals surface area contributed by atoms with Crippen LogP contribution in [0, 0.1) is 0 Å². The minimum absolute atomic E-state index is 0.173. The monoisotopic (exact) mass is 562 g/mol. The highest BCUT2D eigenvalue weighted by atomic mass is 16.3. The molecule has 7 aromatic carbocycles. The van der Waals surface area contributed by atoms with E-state index < -0.39 is 0 Å². The van der Waals surface area contributed by atoms with E-state index in [0.29, 0.717) is 0 Å². The fourth-order valence-electron chi connectivity index (χ4n) is 7.71. The molecule has 0 fully saturated rings. The van der Waals surface area contributed by atoms with Crippen LogP contribution in [0.4, 0.5) is 0 Å². The molecule has 0 bridgehead atoms. The van der Waals surface area contributed by atoms with Crippen LogP contribution in [0.2, 0.25) is 0 Å². The summed E-state index contributed by atoms with van der Waals surface area (Å²) in [4.78, 5) is 0. The minimum Gasteiger partial charge on any atom is -0.456 e. The summed E-state index contributed by atoms with van der Waals surface area (Å²) in [5, 5.41) is 6.27. The molecule has 0 N–H and O–H groups in total. The molecule has 0 amide bonds. The van der Waals surface area contributed by atoms with Crippen LogP contribution in [0.25, 0.3) is 77.2 Å². The average Bonchev–Trinajstić information content (AvgIpc) is 3.57. The van der Waals surface area contributed by atoms with Crippen molar-refractivity contribution in [3.8, 4) is 44.7 Å². The third-order valence-electron chi connectivity index (χ3n) is 9.66. The second kappa shape index (κ2) is 9.30. The molecule has 1 heterocycles. The maximum Gasteiger partial charge on any atom is 0.139 e. The van der Waals surface area contributed by atoms with Gasteiger partial charge >= 0.3 is 0 Å². The predicted octanol–water partition coefficient (Wildman–Crippen LogP) is 12.0. The molecule has 0 atom stereocenters. The summed E-state index contributed by atoms with van der Waals surface area (Å²) < 4.78 is 6.47. The van der Waals surface area contributed by atoms with Gasteiger partial charge in [-0.05, 0) is 72.6 Å². The highest BCUT2D eigenvalue weighted by Crippen LogP contribution is 2.54. The van der Waals surface area contributed by atoms with Gasteiger partial charge in [-0.25, -0.2) is 0 Å². The average molecular weight is 563 g/mol. The summed E-state index contributed by atoms with van der Waals surface area (Å²) in [5.41, 5.74) is 12.1. The molecular formula is C43H30O. The Hall–Kier alpha value is -5.40. The van der Waals surface area contributed by atoms with Crippen LogP contribution in [0.5, 0.6) is 0 Å². The summed E-state index contributed by atoms with van der Waals surface area (Å²) >= 11 is 0. The number of fused-ring (bicyclic) bond motifs is 7. The van der Waals surface area contributed by atoms with Gasteiger partial charge in [0.15, 0.2) is 0 Å². The van der Waals surface area contributed by atoms with Crippen LogP contribution in [-0.2, 0) is 5.41 Å². The van der Waals surface area contributed by atoms with Gasteiger partial charge in [0.2, 0.25) is 0 Å². The summed E-state index contributed by atoms with van der Waals surface area (Å²) in [6, 6.07) is 52.8. The maximum atomic E-state index is 6.47. The van der Waals surface area contributed by atoms with Gasteiger partial charge in [-0.15, -0.1) is 0 Å². The normalized spacial score (nSPS) is 13.4. The molecule has 8 aromatic rings. The number of benzene rings is 7. The van der Waals surface area contributed by atoms with E-state index in [1.165, 1.54) is 77.0 Å². The van der Waals surface area contributed by atoms with Gasteiger partial charge in [-0.2, -0.15) is 0 Å². The van der Waals surface area contributed by atoms with Crippen LogP contribution in [-0.4, -0.2) is 0 Å². The minimum atomic E-state index is -0.173. The fraction of sp³-hybridized carbons (Fsp3) is 0.0698. The number of rotatable bonds is 3. The molecule has 0 aliphatic heterocycles. The fourth-order valence-corrected chi connectivity index (χ4v) is 7.71. The molecule has 0 saturated heterocycles. The number of furan rings is 1. The first kappa shape index (κ1) is 25.1. The zero-order chi connectivity index (χ0) is 29.4. The molecule has 0 saturated carbocycles. The molecular weight excluding hydrogens is 532 g/mol. The molecule has 1 aromatic heterocycles. The summed E-state index contributed by atoms with van der Waals surface area (Å²) in [5.74, 6) is 1.01. The molecule has 0 radical (unpaired) electrons. The number of para-hydroxylation sites is 1. The van der Waals surface area contributed by atoms with Crippen molar-refractivity contribution >= 4 is 32.5 Å². The lowest BCUT2D eigenvalue weighted by Crippen LogP contribution is -2.15. The molecule has 0 unspecified atom stereocenters. The molecule has 1 aliphatic rings. The third-order valence-corrected chi connectivity index (χ3v) is 9.66. The second-order valence-corrected chi connectivity index (χ2v) is 12.4. The van der Waals surface area contributed by atoms with Crippen LogP contribution in [0.3, 0.4) is 0 Å². The van der Waals surface area contributed by atoms with Gasteiger partial charge < -0.3 is 4.42 Å². The Labute approximate surface area is 257 Å². The third kappa shape index (κ3) is 3.47. The largest absolute Gasteiger partial charge is 0.456 e. The molecule has 1 nitrogen and oxygen atoms in total. The van der Waals surface area contributed by atoms with E-state index in [4.69, 9.17) is 4.42 Å². The summed E-state index contributed by atoms with van der Waals surface area (Å²) in [7, 11) is 0. The van der Waals surface area contributed by atoms with Gasteiger partial charge in [-0.3, -0.25) is 0 Å². The van der Waals surface area contributed by atoms with E-state index in [1.807, 2.05) is 0 Å². The zero-order valence-electron chi connectivity index (χ0n) is 24.8. The van der Waals surface area contributed by atoms with E-state index in [1.54, 1.807) is 0 Å². The van der Waals surface area contributed by atoms with Crippen molar-refractivity contribution < 1.29 is 4.42 Å². The van der Waals surface area contributed by atoms with Gasteiger partial charge in [-0.1, -0.05) is 147 Å². The van der Waals surface area contributed by atoms with Crippen molar-refractivity contribution in [2.75, 3.05) is 0 Å². The lowest BCUT2D eigenvalue weighted by atomic mass is 9.79. The zero-order valence-corrected chi connectivity index (χ0v) is 24.8. The second-order valence-electron chi connectivity index (χ2n) is 12.4. The highest BCUT2D eigenvalue weighted by molar-refractivity contribution is 6.22. The topological polar surface area (TPSA) is 13.1 Å². The van der Waals surface area contributed by atoms with Crippen LogP contribution in [0.15, 0.2) is 150 Å². The Bertz CT molecular complexity index is 2350. The molecule has 1 aliphatic carbocycles. The molecule has 0 spiro atoms. The summed E-state index contributed by atoms with van der Waals surface area (Å²) in [6.45, 7) is 4.67. The maximum absolute atomic E-state index is 6.47. The SMILES string of the molecule is CC1(C)c2cc(-c3c4ccccc4c(-c4ccccc4-c4ccccc4)c4ccccc34)ccc2-c2oc3ccccc3c21. The quantitative estimate of drug-likeness (QED) is 0.195. The van der Waals surface area contributed by atoms with Gasteiger partial charge in [0.05, 0.1) is 0 Å². The Kier molecular flexibility index (Phi) is 5.31. The van der Waals surface area contributed by atoms with Crippen molar-refractivity contribution in [2.45, 2.75) is 19.3 Å². The van der Waals surface area contributed by atoms with Crippen molar-refractivity contribution in [2.24, 2.45) is 0 Å². The van der Waals surface area contributed by atoms with E-state index in [9.17, 15) is 0 Å². The van der Waals surface area contributed by atoms with Gasteiger partial charge in [0.25, 0.3) is 0 Å². The highest BCUT2D eigenvalue weighted by Gasteiger charge is 2.40. The van der Waals surface area contributed by atoms with E-state index >= 15 is 0 Å². The molecule has 1 heteroatoms. The lowest BCUT2D eigenvalue weighted by molar-refractivity contribution is 0.619. The smallest absolute Gasteiger partial charge is 0.139 e. The van der Waals surface area contributed by atoms with E-state index in [-0.39, 0.29) is 5.41 Å². The predicted molar refractivity (Wildman–Crippen MR) is 185 cm³/mol. The molecule has 208 valence electrons. The van der Waals surface area contributed by atoms with Crippen molar-refractivity contribution in [1.29, 1.82) is 0 Å². The standard InChI is InChI=1S/C43H30O/c1-43(2)37-26-28(24-25-35(37)42-41(43)36-22-12-13-23-38(36)44-42)39-31-18-8-10-20-33(31)40(34-21-11-9-19-32(34)39)30-17-7-6-16-29(30)27-14-4-3-5-15-27/h3-26H,1-2H3. The molecule has 44 heavy (non-hydrogen) atoms. The Morgan fingerprint density at radius 1 is 0.432 bits per heavy atom. The van der Waals surface area contributed by atoms with Crippen molar-refractivity contribution in [1.82, 2.24) is 0 Å². The first-order valence-electron chi connectivity index (χ1n) is 15.4. The van der Waals surface area contributed by atoms with E-state index in [2.05, 4.69) is 159 Å². The van der Waals surface area contributed by atoms with Crippen LogP contribution in [0.1, 0.15) is 25.0 Å². The van der Waals surface area contributed by atoms with E-state index in [0.717, 1.165) is 11.3 Å². The van der Waals surface area contributed by atoms with Crippen LogP contribution < -0.4 is 0 Å². The Morgan fingerprint density at radius 3 is 1.66 bits per heavy atom. The van der Waals surface area contributed by atoms with Crippen molar-refractivity contribution in [3.05, 3.63) is 157 Å². The summed E-state index contributed by atoms with van der Waals surface area (Å²) in [6.07, 6.45) is 0. The lowest BCUT2D eigenvalue weighted by Gasteiger charge is -2.23. The first-order chi connectivity index (χ1) is 21.6. The Morgan fingerprint density at radius 2 is 0.977 bits per heavy atom. The Balaban J connectivity index is 1.33. The molecule has 9 rings (SSSR count).